The molecule has 132 valence electrons. The van der Waals surface area contributed by atoms with E-state index in [-0.39, 0.29) is 17.9 Å². The van der Waals surface area contributed by atoms with Gasteiger partial charge in [-0.2, -0.15) is 0 Å². The van der Waals surface area contributed by atoms with E-state index in [4.69, 9.17) is 4.74 Å². The summed E-state index contributed by atoms with van der Waals surface area (Å²) in [5.41, 5.74) is 1.04. The molecule has 2 aromatic rings. The highest BCUT2D eigenvalue weighted by Crippen LogP contribution is 2.16. The smallest absolute Gasteiger partial charge is 0.342 e. The quantitative estimate of drug-likeness (QED) is 0.189. The molecule has 0 heterocycles. The fraction of sp³-hybridized carbons (Fsp3) is 0.100. The molecule has 0 aliphatic rings. The molecule has 0 amide bonds. The molecule has 0 aliphatic heterocycles. The minimum Gasteiger partial charge on any atom is -0.458 e. The van der Waals surface area contributed by atoms with Crippen LogP contribution in [0.1, 0.15) is 18.1 Å². The molecule has 2 rings (SSSR count). The van der Waals surface area contributed by atoms with Gasteiger partial charge in [0.05, 0.1) is 4.92 Å². The van der Waals surface area contributed by atoms with Gasteiger partial charge >= 0.3 is 5.97 Å². The monoisotopic (exact) mass is 351 g/mol. The van der Waals surface area contributed by atoms with E-state index in [1.807, 2.05) is 30.3 Å². The zero-order valence-electron chi connectivity index (χ0n) is 14.1. The van der Waals surface area contributed by atoms with Gasteiger partial charge in [0.1, 0.15) is 12.2 Å². The number of carbonyl (C=O) groups is 2. The summed E-state index contributed by atoms with van der Waals surface area (Å²) in [6.07, 6.45) is 4.75. The lowest BCUT2D eigenvalue weighted by atomic mass is 10.1. The van der Waals surface area contributed by atoms with Crippen LogP contribution in [0.2, 0.25) is 0 Å². The lowest BCUT2D eigenvalue weighted by Crippen LogP contribution is -2.13. The van der Waals surface area contributed by atoms with Gasteiger partial charge in [0.15, 0.2) is 5.78 Å². The van der Waals surface area contributed by atoms with Gasteiger partial charge in [-0.15, -0.1) is 0 Å². The number of nitrogens with zero attached hydrogens (tertiary/aromatic N) is 1. The second kappa shape index (κ2) is 9.08. The van der Waals surface area contributed by atoms with E-state index < -0.39 is 16.7 Å². The van der Waals surface area contributed by atoms with Gasteiger partial charge in [-0.25, -0.2) is 4.79 Å². The summed E-state index contributed by atoms with van der Waals surface area (Å²) in [6, 6.07) is 15.2. The van der Waals surface area contributed by atoms with Crippen molar-refractivity contribution in [3.05, 3.63) is 87.5 Å². The molecule has 0 aliphatic carbocycles. The molecule has 6 heteroatoms. The van der Waals surface area contributed by atoms with Gasteiger partial charge in [0.25, 0.3) is 5.69 Å². The van der Waals surface area contributed by atoms with Crippen molar-refractivity contribution in [2.24, 2.45) is 0 Å². The van der Waals surface area contributed by atoms with Crippen LogP contribution >= 0.6 is 0 Å². The first-order valence-electron chi connectivity index (χ1n) is 7.83. The topological polar surface area (TPSA) is 86.5 Å². The van der Waals surface area contributed by atoms with Gasteiger partial charge in [0.2, 0.25) is 0 Å². The van der Waals surface area contributed by atoms with Crippen molar-refractivity contribution in [3.8, 4) is 0 Å². The van der Waals surface area contributed by atoms with Crippen molar-refractivity contribution in [1.82, 2.24) is 0 Å². The lowest BCUT2D eigenvalue weighted by Gasteiger charge is -2.04. The predicted molar refractivity (Wildman–Crippen MR) is 98.2 cm³/mol. The van der Waals surface area contributed by atoms with Gasteiger partial charge in [-0.3, -0.25) is 14.9 Å². The second-order valence-corrected chi connectivity index (χ2v) is 5.38. The molecule has 0 unspecified atom stereocenters. The maximum Gasteiger partial charge on any atom is 0.342 e. The van der Waals surface area contributed by atoms with Crippen LogP contribution in [0.4, 0.5) is 5.69 Å². The Labute approximate surface area is 150 Å². The summed E-state index contributed by atoms with van der Waals surface area (Å²) in [7, 11) is 0. The fourth-order valence-electron chi connectivity index (χ4n) is 2.15. The Bertz CT molecular complexity index is 869. The molecule has 0 spiro atoms. The third kappa shape index (κ3) is 5.52. The molecule has 0 fully saturated rings. The van der Waals surface area contributed by atoms with Crippen LogP contribution in [0.5, 0.6) is 0 Å². The number of hydrogen-bond donors (Lipinski definition) is 0. The molecule has 2 aromatic carbocycles. The van der Waals surface area contributed by atoms with Crippen molar-refractivity contribution >= 4 is 29.6 Å². The molecular weight excluding hydrogens is 334 g/mol. The van der Waals surface area contributed by atoms with E-state index in [9.17, 15) is 19.7 Å². The molecular formula is C20H17NO5. The molecule has 26 heavy (non-hydrogen) atoms. The summed E-state index contributed by atoms with van der Waals surface area (Å²) in [6.45, 7) is 1.25. The third-order valence-electron chi connectivity index (χ3n) is 3.41. The SMILES string of the molecule is CC(=O)/C(=C\c1cccc([N+](=O)[O-])c1)C(=O)OC/C=C/c1ccccc1. The minimum absolute atomic E-state index is 0.00723. The van der Waals surface area contributed by atoms with Crippen LogP contribution in [-0.2, 0) is 14.3 Å². The fourth-order valence-corrected chi connectivity index (χ4v) is 2.15. The molecule has 0 saturated carbocycles. The highest BCUT2D eigenvalue weighted by atomic mass is 16.6. The van der Waals surface area contributed by atoms with Crippen LogP contribution in [-0.4, -0.2) is 23.3 Å². The number of carbonyl (C=O) groups excluding carboxylic acids is 2. The van der Waals surface area contributed by atoms with Crippen LogP contribution < -0.4 is 0 Å². The summed E-state index contributed by atoms with van der Waals surface area (Å²) in [5, 5.41) is 10.8. The van der Waals surface area contributed by atoms with Gasteiger partial charge < -0.3 is 4.74 Å². The van der Waals surface area contributed by atoms with Crippen LogP contribution in [0.25, 0.3) is 12.2 Å². The average molecular weight is 351 g/mol. The molecule has 0 N–H and O–H groups in total. The van der Waals surface area contributed by atoms with Gasteiger partial charge in [-0.1, -0.05) is 48.5 Å². The maximum atomic E-state index is 12.1. The first kappa shape index (κ1) is 18.8. The zero-order chi connectivity index (χ0) is 18.9. The van der Waals surface area contributed by atoms with Gasteiger partial charge in [-0.05, 0) is 30.2 Å². The standard InChI is InChI=1S/C20H17NO5/c1-15(22)19(14-17-9-5-11-18(13-17)21(24)25)20(23)26-12-6-10-16-7-3-2-4-8-16/h2-11,13-14H,12H2,1H3/b10-6+,19-14+. The van der Waals surface area contributed by atoms with E-state index in [2.05, 4.69) is 0 Å². The number of rotatable bonds is 7. The molecule has 0 saturated heterocycles. The normalized spacial score (nSPS) is 11.3. The molecule has 0 atom stereocenters. The third-order valence-corrected chi connectivity index (χ3v) is 3.41. The average Bonchev–Trinajstić information content (AvgIpc) is 2.64. The molecule has 0 radical (unpaired) electrons. The summed E-state index contributed by atoms with van der Waals surface area (Å²) >= 11 is 0. The number of nitro benzene ring substituents is 1. The molecule has 6 nitrogen and oxygen atoms in total. The van der Waals surface area contributed by atoms with E-state index in [1.165, 1.54) is 31.2 Å². The number of non-ortho nitro benzene ring substituents is 1. The minimum atomic E-state index is -0.776. The largest absolute Gasteiger partial charge is 0.458 e. The Morgan fingerprint density at radius 2 is 1.77 bits per heavy atom. The first-order chi connectivity index (χ1) is 12.5. The van der Waals surface area contributed by atoms with E-state index in [1.54, 1.807) is 18.2 Å². The van der Waals surface area contributed by atoms with E-state index in [0.29, 0.717) is 5.56 Å². The van der Waals surface area contributed by atoms with E-state index >= 15 is 0 Å². The van der Waals surface area contributed by atoms with Crippen molar-refractivity contribution in [2.45, 2.75) is 6.92 Å². The van der Waals surface area contributed by atoms with Crippen LogP contribution in [0.15, 0.2) is 66.2 Å². The van der Waals surface area contributed by atoms with Crippen molar-refractivity contribution in [2.75, 3.05) is 6.61 Å². The first-order valence-corrected chi connectivity index (χ1v) is 7.83. The predicted octanol–water partition coefficient (Wildman–Crippen LogP) is 3.82. The van der Waals surface area contributed by atoms with Crippen molar-refractivity contribution in [1.29, 1.82) is 0 Å². The number of benzene rings is 2. The Hall–Kier alpha value is -3.54. The van der Waals surface area contributed by atoms with Gasteiger partial charge in [0, 0.05) is 12.1 Å². The summed E-state index contributed by atoms with van der Waals surface area (Å²) < 4.78 is 5.09. The summed E-state index contributed by atoms with van der Waals surface area (Å²) in [4.78, 5) is 34.2. The maximum absolute atomic E-state index is 12.1. The highest BCUT2D eigenvalue weighted by molar-refractivity contribution is 6.19. The zero-order valence-corrected chi connectivity index (χ0v) is 14.1. The summed E-state index contributed by atoms with van der Waals surface area (Å²) in [5.74, 6) is -1.25. The Morgan fingerprint density at radius 1 is 1.08 bits per heavy atom. The number of nitro groups is 1. The Kier molecular flexibility index (Phi) is 6.56. The number of hydrogen-bond acceptors (Lipinski definition) is 5. The Balaban J connectivity index is 2.07. The molecule has 0 bridgehead atoms. The second-order valence-electron chi connectivity index (χ2n) is 5.38. The number of ether oxygens (including phenoxy) is 1. The van der Waals surface area contributed by atoms with Crippen LogP contribution in [0.3, 0.4) is 0 Å². The number of esters is 1. The Morgan fingerprint density at radius 3 is 2.42 bits per heavy atom. The molecule has 0 aromatic heterocycles. The highest BCUT2D eigenvalue weighted by Gasteiger charge is 2.16. The van der Waals surface area contributed by atoms with E-state index in [0.717, 1.165) is 5.56 Å². The number of Topliss-reactive ketones (excluding diaryl/α,β-unsaturated/α-hetero) is 1. The van der Waals surface area contributed by atoms with Crippen molar-refractivity contribution in [3.63, 3.8) is 0 Å². The van der Waals surface area contributed by atoms with Crippen LogP contribution in [0, 0.1) is 10.1 Å². The number of ketones is 1. The lowest BCUT2D eigenvalue weighted by molar-refractivity contribution is -0.384. The van der Waals surface area contributed by atoms with Crippen molar-refractivity contribution < 1.29 is 19.2 Å².